The molecule has 0 unspecified atom stereocenters. The van der Waals surface area contributed by atoms with Gasteiger partial charge in [0.15, 0.2) is 5.82 Å². The van der Waals surface area contributed by atoms with Crippen LogP contribution in [-0.2, 0) is 10.8 Å². The fourth-order valence-electron chi connectivity index (χ4n) is 5.37. The number of nitrogens with zero attached hydrogens (tertiary/aromatic N) is 4. The van der Waals surface area contributed by atoms with Crippen LogP contribution >= 0.6 is 0 Å². The zero-order valence-electron chi connectivity index (χ0n) is 20.0. The van der Waals surface area contributed by atoms with E-state index in [2.05, 4.69) is 65.5 Å². The molecule has 174 valence electrons. The van der Waals surface area contributed by atoms with Gasteiger partial charge in [0.2, 0.25) is 5.89 Å². The highest BCUT2D eigenvalue weighted by Crippen LogP contribution is 2.62. The summed E-state index contributed by atoms with van der Waals surface area (Å²) in [6.07, 6.45) is 9.39. The van der Waals surface area contributed by atoms with E-state index in [0.29, 0.717) is 12.6 Å². The molecule has 2 aliphatic carbocycles. The van der Waals surface area contributed by atoms with E-state index in [1.807, 2.05) is 19.3 Å². The monoisotopic (exact) mass is 447 g/mol. The Morgan fingerprint density at radius 2 is 1.82 bits per heavy atom. The summed E-state index contributed by atoms with van der Waals surface area (Å²) in [4.78, 5) is 13.4. The molecule has 0 atom stereocenters. The average molecular weight is 448 g/mol. The number of fused-ring (bicyclic) bond motifs is 2. The van der Waals surface area contributed by atoms with E-state index < -0.39 is 0 Å². The zero-order valence-corrected chi connectivity index (χ0v) is 20.0. The van der Waals surface area contributed by atoms with Crippen molar-refractivity contribution in [3.05, 3.63) is 48.4 Å². The van der Waals surface area contributed by atoms with Crippen molar-refractivity contribution in [2.75, 3.05) is 18.5 Å². The smallest absolute Gasteiger partial charge is 0.316 e. The van der Waals surface area contributed by atoms with Gasteiger partial charge in [0.05, 0.1) is 12.0 Å². The Hall–Kier alpha value is -2.96. The van der Waals surface area contributed by atoms with Crippen LogP contribution in [0.15, 0.2) is 41.2 Å². The normalized spacial score (nSPS) is 24.2. The van der Waals surface area contributed by atoms with Gasteiger partial charge in [0, 0.05) is 35.6 Å². The molecule has 1 aromatic carbocycles. The Morgan fingerprint density at radius 1 is 1.06 bits per heavy atom. The molecular formula is C26H33N5O2. The molecule has 2 fully saturated rings. The molecule has 3 aromatic rings. The number of hydrogen-bond acceptors (Lipinski definition) is 7. The van der Waals surface area contributed by atoms with Crippen molar-refractivity contribution in [1.29, 1.82) is 0 Å². The molecule has 0 radical (unpaired) electrons. The van der Waals surface area contributed by atoms with Gasteiger partial charge in [-0.2, -0.15) is 4.98 Å². The summed E-state index contributed by atoms with van der Waals surface area (Å²) in [7, 11) is 0. The number of benzene rings is 1. The van der Waals surface area contributed by atoms with Crippen LogP contribution in [0.5, 0.6) is 6.01 Å². The molecule has 2 aromatic heterocycles. The predicted molar refractivity (Wildman–Crippen MR) is 127 cm³/mol. The average Bonchev–Trinajstić information content (AvgIpc) is 3.53. The van der Waals surface area contributed by atoms with Crippen molar-refractivity contribution in [3.8, 4) is 17.1 Å². The van der Waals surface area contributed by atoms with Crippen LogP contribution in [0, 0.1) is 5.41 Å². The van der Waals surface area contributed by atoms with Crippen molar-refractivity contribution < 1.29 is 9.26 Å². The molecule has 2 bridgehead atoms. The molecule has 7 nitrogen and oxygen atoms in total. The van der Waals surface area contributed by atoms with Crippen molar-refractivity contribution in [1.82, 2.24) is 20.1 Å². The lowest BCUT2D eigenvalue weighted by molar-refractivity contribution is 0.271. The van der Waals surface area contributed by atoms with Gasteiger partial charge in [-0.1, -0.05) is 38.1 Å². The number of rotatable bonds is 7. The first kappa shape index (κ1) is 21.9. The molecule has 2 heterocycles. The second-order valence-corrected chi connectivity index (χ2v) is 10.8. The highest BCUT2D eigenvalue weighted by atomic mass is 16.5. The van der Waals surface area contributed by atoms with Crippen molar-refractivity contribution >= 4 is 5.69 Å². The van der Waals surface area contributed by atoms with Crippen LogP contribution in [0.3, 0.4) is 0 Å². The van der Waals surface area contributed by atoms with E-state index in [-0.39, 0.29) is 16.2 Å². The Kier molecular flexibility index (Phi) is 5.38. The van der Waals surface area contributed by atoms with Crippen LogP contribution in [0.1, 0.15) is 71.5 Å². The third-order valence-electron chi connectivity index (χ3n) is 7.30. The van der Waals surface area contributed by atoms with Gasteiger partial charge >= 0.3 is 6.01 Å². The maximum absolute atomic E-state index is 5.79. The first-order chi connectivity index (χ1) is 15.8. The number of hydrogen-bond donors (Lipinski definition) is 1. The number of nitrogens with one attached hydrogen (secondary N) is 1. The van der Waals surface area contributed by atoms with E-state index in [9.17, 15) is 0 Å². The molecule has 0 saturated heterocycles. The molecule has 7 heteroatoms. The topological polar surface area (TPSA) is 86.0 Å². The highest BCUT2D eigenvalue weighted by molar-refractivity contribution is 5.66. The molecule has 0 aliphatic heterocycles. The zero-order chi connectivity index (χ0) is 23.1. The minimum absolute atomic E-state index is 0.0552. The van der Waals surface area contributed by atoms with Crippen LogP contribution in [0.25, 0.3) is 11.1 Å². The second kappa shape index (κ2) is 8.12. The first-order valence-corrected chi connectivity index (χ1v) is 11.9. The van der Waals surface area contributed by atoms with Gasteiger partial charge in [-0.15, -0.1) is 0 Å². The molecule has 1 N–H and O–H groups in total. The molecule has 2 aliphatic rings. The lowest BCUT2D eigenvalue weighted by Crippen LogP contribution is -2.24. The van der Waals surface area contributed by atoms with E-state index in [1.165, 1.54) is 12.8 Å². The predicted octanol–water partition coefficient (Wildman–Crippen LogP) is 5.54. The fraction of sp³-hybridized carbons (Fsp3) is 0.538. The summed E-state index contributed by atoms with van der Waals surface area (Å²) in [5.74, 6) is 1.66. The first-order valence-electron chi connectivity index (χ1n) is 11.9. The highest BCUT2D eigenvalue weighted by Gasteiger charge is 2.57. The van der Waals surface area contributed by atoms with Crippen molar-refractivity contribution in [2.24, 2.45) is 5.41 Å². The molecule has 33 heavy (non-hydrogen) atoms. The van der Waals surface area contributed by atoms with E-state index in [4.69, 9.17) is 14.2 Å². The SMILES string of the molecule is CCOc1ncc(-c2cccc(NCC34CCC(c5nc(C(C)(C)C)no5)(CC3)C4)c2)cn1. The third-order valence-corrected chi connectivity index (χ3v) is 7.30. The lowest BCUT2D eigenvalue weighted by Gasteiger charge is -2.27. The molecule has 0 amide bonds. The summed E-state index contributed by atoms with van der Waals surface area (Å²) in [5, 5.41) is 8.01. The largest absolute Gasteiger partial charge is 0.464 e. The van der Waals surface area contributed by atoms with Gasteiger partial charge in [0.25, 0.3) is 0 Å². The molecular weight excluding hydrogens is 414 g/mol. The van der Waals surface area contributed by atoms with Gasteiger partial charge in [-0.25, -0.2) is 9.97 Å². The number of aromatic nitrogens is 4. The fourth-order valence-corrected chi connectivity index (χ4v) is 5.37. The van der Waals surface area contributed by atoms with Crippen LogP contribution < -0.4 is 10.1 Å². The minimum Gasteiger partial charge on any atom is -0.464 e. The van der Waals surface area contributed by atoms with Crippen LogP contribution in [0.2, 0.25) is 0 Å². The summed E-state index contributed by atoms with van der Waals surface area (Å²) >= 11 is 0. The number of ether oxygens (including phenoxy) is 1. The quantitative estimate of drug-likeness (QED) is 0.509. The van der Waals surface area contributed by atoms with E-state index in [1.54, 1.807) is 0 Å². The van der Waals surface area contributed by atoms with E-state index in [0.717, 1.165) is 54.3 Å². The Balaban J connectivity index is 1.26. The maximum Gasteiger partial charge on any atom is 0.316 e. The molecule has 0 spiro atoms. The summed E-state index contributed by atoms with van der Waals surface area (Å²) in [6, 6.07) is 8.87. The number of anilines is 1. The van der Waals surface area contributed by atoms with Gasteiger partial charge in [0.1, 0.15) is 0 Å². The van der Waals surface area contributed by atoms with Gasteiger partial charge in [-0.3, -0.25) is 0 Å². The minimum atomic E-state index is -0.0896. The summed E-state index contributed by atoms with van der Waals surface area (Å²) < 4.78 is 11.1. The van der Waals surface area contributed by atoms with Gasteiger partial charge in [-0.05, 0) is 62.1 Å². The summed E-state index contributed by atoms with van der Waals surface area (Å²) in [6.45, 7) is 9.83. The van der Waals surface area contributed by atoms with Crippen LogP contribution in [-0.4, -0.2) is 33.3 Å². The summed E-state index contributed by atoms with van der Waals surface area (Å²) in [5.41, 5.74) is 3.44. The van der Waals surface area contributed by atoms with Gasteiger partial charge < -0.3 is 14.6 Å². The van der Waals surface area contributed by atoms with Crippen LogP contribution in [0.4, 0.5) is 5.69 Å². The second-order valence-electron chi connectivity index (χ2n) is 10.8. The Labute approximate surface area is 195 Å². The molecule has 2 saturated carbocycles. The lowest BCUT2D eigenvalue weighted by atomic mass is 9.82. The standard InChI is InChI=1S/C26H33N5O2/c1-5-32-23-27-14-19(15-28-23)18-7-6-8-20(13-18)29-17-25-9-11-26(16-25,12-10-25)22-30-21(31-33-22)24(2,3)4/h6-8,13-15,29H,5,9-12,16-17H2,1-4H3. The van der Waals surface area contributed by atoms with Crippen molar-refractivity contribution in [3.63, 3.8) is 0 Å². The van der Waals surface area contributed by atoms with Crippen molar-refractivity contribution in [2.45, 2.75) is 70.6 Å². The maximum atomic E-state index is 5.79. The Morgan fingerprint density at radius 3 is 2.48 bits per heavy atom. The molecule has 5 rings (SSSR count). The third kappa shape index (κ3) is 4.21. The van der Waals surface area contributed by atoms with E-state index >= 15 is 0 Å². The Bertz CT molecular complexity index is 1110.